The molecule has 0 radical (unpaired) electrons. The lowest BCUT2D eigenvalue weighted by Crippen LogP contribution is -2.56. The highest BCUT2D eigenvalue weighted by Crippen LogP contribution is 2.26. The van der Waals surface area contributed by atoms with Crippen LogP contribution in [0.3, 0.4) is 0 Å². The van der Waals surface area contributed by atoms with Gasteiger partial charge in [0.15, 0.2) is 0 Å². The fraction of sp³-hybridized carbons (Fsp3) is 0.310. The van der Waals surface area contributed by atoms with Crippen molar-refractivity contribution in [1.82, 2.24) is 35.9 Å². The van der Waals surface area contributed by atoms with Crippen LogP contribution < -0.4 is 16.2 Å². The minimum absolute atomic E-state index is 0.153. The van der Waals surface area contributed by atoms with Gasteiger partial charge in [0.1, 0.15) is 6.04 Å². The molecule has 1 fully saturated rings. The number of amides is 4. The summed E-state index contributed by atoms with van der Waals surface area (Å²) in [6, 6.07) is 29.2. The topological polar surface area (TPSA) is 160 Å². The number of aromatic nitrogens is 2. The quantitative estimate of drug-likeness (QED) is 0.0827. The molecule has 1 aliphatic heterocycles. The summed E-state index contributed by atoms with van der Waals surface area (Å²) >= 11 is 0. The molecule has 0 spiro atoms. The van der Waals surface area contributed by atoms with Gasteiger partial charge in [-0.2, -0.15) is 0 Å². The van der Waals surface area contributed by atoms with Crippen LogP contribution in [0.1, 0.15) is 42.5 Å². The highest BCUT2D eigenvalue weighted by atomic mass is 16.4. The van der Waals surface area contributed by atoms with Crippen molar-refractivity contribution < 1.29 is 24.6 Å². The smallest absolute Gasteiger partial charge is 0.419 e. The Morgan fingerprint density at radius 2 is 1.63 bits per heavy atom. The molecule has 1 saturated heterocycles. The van der Waals surface area contributed by atoms with Crippen LogP contribution in [-0.4, -0.2) is 79.3 Å². The molecular formula is C42H47N7O5. The van der Waals surface area contributed by atoms with Gasteiger partial charge < -0.3 is 25.3 Å². The van der Waals surface area contributed by atoms with Crippen LogP contribution in [0.4, 0.5) is 9.59 Å². The Hall–Kier alpha value is -5.85. The minimum Gasteiger partial charge on any atom is -0.464 e. The van der Waals surface area contributed by atoms with Crippen LogP contribution in [0, 0.1) is 5.92 Å². The maximum atomic E-state index is 14.5. The van der Waals surface area contributed by atoms with E-state index in [0.717, 1.165) is 44.4 Å². The van der Waals surface area contributed by atoms with Gasteiger partial charge in [-0.25, -0.2) is 15.0 Å². The van der Waals surface area contributed by atoms with E-state index in [9.17, 15) is 19.5 Å². The van der Waals surface area contributed by atoms with Crippen LogP contribution >= 0.6 is 0 Å². The molecule has 5 N–H and O–H groups in total. The molecule has 4 amide bonds. The molecule has 3 heterocycles. The van der Waals surface area contributed by atoms with Crippen molar-refractivity contribution in [2.24, 2.45) is 5.92 Å². The van der Waals surface area contributed by atoms with Crippen LogP contribution in [0.5, 0.6) is 0 Å². The predicted octanol–water partition coefficient (Wildman–Crippen LogP) is 5.55. The van der Waals surface area contributed by atoms with Gasteiger partial charge in [-0.1, -0.05) is 87.0 Å². The molecule has 0 bridgehead atoms. The van der Waals surface area contributed by atoms with Crippen LogP contribution in [-0.2, 0) is 30.7 Å². The highest BCUT2D eigenvalue weighted by molar-refractivity contribution is 5.89. The van der Waals surface area contributed by atoms with Gasteiger partial charge in [0.25, 0.3) is 0 Å². The Balaban J connectivity index is 1.24. The number of nitrogens with one attached hydrogen (secondary N) is 3. The van der Waals surface area contributed by atoms with Crippen LogP contribution in [0.2, 0.25) is 0 Å². The number of hydrogen-bond donors (Lipinski definition) is 5. The Labute approximate surface area is 315 Å². The van der Waals surface area contributed by atoms with Crippen LogP contribution in [0.15, 0.2) is 109 Å². The van der Waals surface area contributed by atoms with Gasteiger partial charge in [0, 0.05) is 55.9 Å². The first-order chi connectivity index (χ1) is 26.2. The summed E-state index contributed by atoms with van der Waals surface area (Å²) in [4.78, 5) is 52.0. The number of urea groups is 1. The normalized spacial score (nSPS) is 15.1. The first-order valence-corrected chi connectivity index (χ1v) is 18.4. The third-order valence-corrected chi connectivity index (χ3v) is 10.2. The summed E-state index contributed by atoms with van der Waals surface area (Å²) in [5.74, 6) is -0.469. The second kappa shape index (κ2) is 17.8. The molecule has 2 aromatic heterocycles. The van der Waals surface area contributed by atoms with E-state index in [1.807, 2.05) is 111 Å². The molecule has 12 nitrogen and oxygen atoms in total. The number of nitrogens with zero attached hydrogens (tertiary/aromatic N) is 4. The number of carbonyl (C=O) groups excluding carboxylic acids is 2. The van der Waals surface area contributed by atoms with E-state index in [2.05, 4.69) is 26.1 Å². The highest BCUT2D eigenvalue weighted by Gasteiger charge is 2.41. The molecule has 3 aromatic carbocycles. The SMILES string of the molecule is CCC(C)C(C(=O)NC(Cc1ccccc1)C(O)Cc1cc(-c2ccccn2)ccc1CNNC(=O)O)N1CCN(Cc2ccnc3ccccc23)C1=O. The van der Waals surface area contributed by atoms with E-state index in [1.54, 1.807) is 22.2 Å². The molecule has 4 unspecified atom stereocenters. The van der Waals surface area contributed by atoms with Crippen molar-refractivity contribution in [3.05, 3.63) is 132 Å². The number of aliphatic hydroxyl groups is 1. The minimum atomic E-state index is -1.21. The van der Waals surface area contributed by atoms with Crippen molar-refractivity contribution in [3.63, 3.8) is 0 Å². The lowest BCUT2D eigenvalue weighted by molar-refractivity contribution is -0.128. The van der Waals surface area contributed by atoms with Gasteiger partial charge in [-0.15, -0.1) is 0 Å². The lowest BCUT2D eigenvalue weighted by Gasteiger charge is -2.34. The van der Waals surface area contributed by atoms with Crippen molar-refractivity contribution in [1.29, 1.82) is 0 Å². The van der Waals surface area contributed by atoms with Crippen LogP contribution in [0.25, 0.3) is 22.2 Å². The summed E-state index contributed by atoms with van der Waals surface area (Å²) in [6.07, 6.45) is 2.39. The number of hydrazine groups is 1. The predicted molar refractivity (Wildman–Crippen MR) is 207 cm³/mol. The van der Waals surface area contributed by atoms with Gasteiger partial charge in [-0.3, -0.25) is 20.2 Å². The monoisotopic (exact) mass is 729 g/mol. The molecule has 12 heteroatoms. The number of carbonyl (C=O) groups is 3. The number of aliphatic hydroxyl groups excluding tert-OH is 1. The standard InChI is InChI=1S/C42H47N7O5/c1-3-28(2)39(49-22-21-48(42(49)54)27-32-18-20-44-36-15-8-7-13-34(32)36)40(51)46-37(23-29-11-5-4-6-12-29)38(50)25-33-24-30(35-14-9-10-19-43-35)16-17-31(33)26-45-47-41(52)53/h4-20,24,28,37-39,45,47,50H,3,21-23,25-27H2,1-2H3,(H,46,51)(H,52,53). The van der Waals surface area contributed by atoms with Crippen molar-refractivity contribution >= 4 is 28.9 Å². The molecule has 4 atom stereocenters. The number of carboxylic acid groups (broad SMARTS) is 1. The zero-order chi connectivity index (χ0) is 38.0. The van der Waals surface area contributed by atoms with Gasteiger partial charge in [0.05, 0.1) is 23.4 Å². The zero-order valence-corrected chi connectivity index (χ0v) is 30.6. The van der Waals surface area contributed by atoms with E-state index in [4.69, 9.17) is 5.11 Å². The number of rotatable bonds is 16. The third-order valence-electron chi connectivity index (χ3n) is 10.2. The Morgan fingerprint density at radius 3 is 2.39 bits per heavy atom. The zero-order valence-electron chi connectivity index (χ0n) is 30.6. The third kappa shape index (κ3) is 9.20. The van der Waals surface area contributed by atoms with Gasteiger partial charge >= 0.3 is 12.1 Å². The molecular weight excluding hydrogens is 683 g/mol. The molecule has 54 heavy (non-hydrogen) atoms. The average Bonchev–Trinajstić information content (AvgIpc) is 3.54. The number of fused-ring (bicyclic) bond motifs is 1. The summed E-state index contributed by atoms with van der Waals surface area (Å²) in [5, 5.41) is 25.3. The molecule has 0 aliphatic carbocycles. The van der Waals surface area contributed by atoms with E-state index < -0.39 is 24.3 Å². The van der Waals surface area contributed by atoms with E-state index >= 15 is 0 Å². The van der Waals surface area contributed by atoms with E-state index in [-0.39, 0.29) is 30.8 Å². The summed E-state index contributed by atoms with van der Waals surface area (Å²) in [6.45, 7) is 5.44. The van der Waals surface area contributed by atoms with E-state index in [1.165, 1.54) is 0 Å². The van der Waals surface area contributed by atoms with E-state index in [0.29, 0.717) is 32.5 Å². The fourth-order valence-corrected chi connectivity index (χ4v) is 7.12. The number of para-hydroxylation sites is 1. The molecule has 1 aliphatic rings. The summed E-state index contributed by atoms with van der Waals surface area (Å²) in [7, 11) is 0. The van der Waals surface area contributed by atoms with Crippen molar-refractivity contribution in [2.45, 2.75) is 64.4 Å². The Bertz CT molecular complexity index is 2040. The molecule has 5 aromatic rings. The summed E-state index contributed by atoms with van der Waals surface area (Å²) < 4.78 is 0. The molecule has 6 rings (SSSR count). The Morgan fingerprint density at radius 1 is 0.852 bits per heavy atom. The Kier molecular flexibility index (Phi) is 12.5. The largest absolute Gasteiger partial charge is 0.464 e. The number of benzene rings is 3. The maximum Gasteiger partial charge on any atom is 0.419 e. The van der Waals surface area contributed by atoms with Gasteiger partial charge in [0.2, 0.25) is 5.91 Å². The van der Waals surface area contributed by atoms with Crippen molar-refractivity contribution in [2.75, 3.05) is 13.1 Å². The number of pyridine rings is 2. The number of hydrogen-bond acceptors (Lipinski definition) is 7. The molecule has 280 valence electrons. The van der Waals surface area contributed by atoms with Crippen molar-refractivity contribution in [3.8, 4) is 11.3 Å². The second-order valence-electron chi connectivity index (χ2n) is 13.8. The first kappa shape index (κ1) is 37.9. The fourth-order valence-electron chi connectivity index (χ4n) is 7.12. The first-order valence-electron chi connectivity index (χ1n) is 18.4. The second-order valence-corrected chi connectivity index (χ2v) is 13.8. The maximum absolute atomic E-state index is 14.5. The van der Waals surface area contributed by atoms with Gasteiger partial charge in [-0.05, 0) is 64.9 Å². The lowest BCUT2D eigenvalue weighted by atomic mass is 9.91. The summed E-state index contributed by atoms with van der Waals surface area (Å²) in [5.41, 5.74) is 10.8. The molecule has 0 saturated carbocycles. The average molecular weight is 730 g/mol.